The number of nitrogens with two attached hydrogens (primary N) is 1. The maximum absolute atomic E-state index is 10.9. The number of aliphatic carboxylic acids is 1. The van der Waals surface area contributed by atoms with E-state index in [9.17, 15) is 9.36 Å². The fraction of sp³-hybridized carbons (Fsp3) is 0.375. The van der Waals surface area contributed by atoms with Crippen LogP contribution in [-0.4, -0.2) is 33.1 Å². The van der Waals surface area contributed by atoms with Crippen molar-refractivity contribution in [3.05, 3.63) is 24.2 Å². The molecular weight excluding hydrogens is 237 g/mol. The molecule has 5 N–H and O–H groups in total. The average Bonchev–Trinajstić information content (AvgIpc) is 2.64. The first-order valence-corrected chi connectivity index (χ1v) is 6.17. The van der Waals surface area contributed by atoms with Crippen LogP contribution in [0.5, 0.6) is 0 Å². The molecule has 0 unspecified atom stereocenters. The number of hydrogen-bond donors (Lipinski definition) is 4. The molecule has 1 aromatic heterocycles. The van der Waals surface area contributed by atoms with Crippen molar-refractivity contribution in [1.29, 1.82) is 0 Å². The Labute approximate surface area is 91.0 Å². The second kappa shape index (κ2) is 4.80. The summed E-state index contributed by atoms with van der Waals surface area (Å²) in [5.74, 6) is -2.23. The van der Waals surface area contributed by atoms with Crippen molar-refractivity contribution in [1.82, 2.24) is 0 Å². The van der Waals surface area contributed by atoms with E-state index in [0.717, 1.165) is 0 Å². The van der Waals surface area contributed by atoms with E-state index in [1.54, 1.807) is 0 Å². The molecule has 2 atom stereocenters. The molecule has 7 nitrogen and oxygen atoms in total. The minimum absolute atomic E-state index is 0.151. The van der Waals surface area contributed by atoms with Gasteiger partial charge in [0.1, 0.15) is 11.8 Å². The molecule has 0 fully saturated rings. The van der Waals surface area contributed by atoms with Crippen LogP contribution in [0.2, 0.25) is 0 Å². The standard InChI is InChI=1S/C8H12NO6P/c9-7(8(10)11)5(4-16(12,13)14)6-2-1-3-15-6/h1-3,5,7H,4,9H2,(H,10,11)(H2,12,13,14)/t5-,7+/m0/s1. The number of carboxylic acids is 1. The van der Waals surface area contributed by atoms with Gasteiger partial charge in [-0.3, -0.25) is 9.36 Å². The summed E-state index contributed by atoms with van der Waals surface area (Å²) in [6.45, 7) is 0. The van der Waals surface area contributed by atoms with Crippen molar-refractivity contribution in [3.8, 4) is 0 Å². The normalized spacial score (nSPS) is 15.7. The molecular formula is C8H12NO6P. The number of furan rings is 1. The minimum atomic E-state index is -4.36. The van der Waals surface area contributed by atoms with Gasteiger partial charge in [-0.1, -0.05) is 0 Å². The molecule has 90 valence electrons. The summed E-state index contributed by atoms with van der Waals surface area (Å²) < 4.78 is 15.8. The molecule has 0 aliphatic carbocycles. The summed E-state index contributed by atoms with van der Waals surface area (Å²) in [6.07, 6.45) is 0.630. The van der Waals surface area contributed by atoms with Crippen LogP contribution in [0.25, 0.3) is 0 Å². The van der Waals surface area contributed by atoms with Crippen molar-refractivity contribution in [3.63, 3.8) is 0 Å². The molecule has 0 aliphatic heterocycles. The Morgan fingerprint density at radius 2 is 2.19 bits per heavy atom. The lowest BCUT2D eigenvalue weighted by Gasteiger charge is -2.18. The van der Waals surface area contributed by atoms with Gasteiger partial charge in [0.15, 0.2) is 0 Å². The Hall–Kier alpha value is -1.14. The average molecular weight is 249 g/mol. The molecule has 1 heterocycles. The highest BCUT2D eigenvalue weighted by molar-refractivity contribution is 7.51. The summed E-state index contributed by atoms with van der Waals surface area (Å²) in [4.78, 5) is 28.4. The predicted octanol–water partition coefficient (Wildman–Crippen LogP) is -0.0472. The van der Waals surface area contributed by atoms with E-state index in [-0.39, 0.29) is 5.76 Å². The van der Waals surface area contributed by atoms with Crippen LogP contribution in [0, 0.1) is 0 Å². The molecule has 0 saturated carbocycles. The van der Waals surface area contributed by atoms with Gasteiger partial charge in [-0.2, -0.15) is 0 Å². The Morgan fingerprint density at radius 1 is 1.56 bits per heavy atom. The van der Waals surface area contributed by atoms with E-state index in [1.165, 1.54) is 18.4 Å². The molecule has 0 bridgehead atoms. The number of carboxylic acid groups (broad SMARTS) is 1. The summed E-state index contributed by atoms with van der Waals surface area (Å²) in [5, 5.41) is 8.73. The van der Waals surface area contributed by atoms with Gasteiger partial charge in [0, 0.05) is 0 Å². The zero-order chi connectivity index (χ0) is 12.3. The molecule has 0 spiro atoms. The number of rotatable bonds is 5. The first kappa shape index (κ1) is 12.9. The predicted molar refractivity (Wildman–Crippen MR) is 54.0 cm³/mol. The Balaban J connectivity index is 2.95. The number of carbonyl (C=O) groups is 1. The van der Waals surface area contributed by atoms with Crippen molar-refractivity contribution >= 4 is 13.6 Å². The van der Waals surface area contributed by atoms with Crippen molar-refractivity contribution < 1.29 is 28.7 Å². The smallest absolute Gasteiger partial charge is 0.326 e. The largest absolute Gasteiger partial charge is 0.480 e. The highest BCUT2D eigenvalue weighted by Gasteiger charge is 2.33. The van der Waals surface area contributed by atoms with Crippen LogP contribution in [0.3, 0.4) is 0 Å². The zero-order valence-corrected chi connectivity index (χ0v) is 9.08. The van der Waals surface area contributed by atoms with Crippen LogP contribution in [0.4, 0.5) is 0 Å². The van der Waals surface area contributed by atoms with Gasteiger partial charge in [-0.25, -0.2) is 0 Å². The SMILES string of the molecule is N[C@@H](C(=O)O)[C@@H](CP(=O)(O)O)c1ccco1. The maximum atomic E-state index is 10.9. The molecule has 0 saturated heterocycles. The first-order chi connectivity index (χ1) is 7.31. The molecule has 8 heteroatoms. The Morgan fingerprint density at radius 3 is 2.56 bits per heavy atom. The summed E-state index contributed by atoms with van der Waals surface area (Å²) in [5.41, 5.74) is 5.36. The Kier molecular flexibility index (Phi) is 3.88. The molecule has 0 aliphatic rings. The van der Waals surface area contributed by atoms with E-state index in [1.807, 2.05) is 0 Å². The molecule has 0 amide bonds. The summed E-state index contributed by atoms with van der Waals surface area (Å²) in [7, 11) is -4.36. The third-order valence-corrected chi connectivity index (χ3v) is 2.93. The van der Waals surface area contributed by atoms with Crippen molar-refractivity contribution in [2.75, 3.05) is 6.16 Å². The van der Waals surface area contributed by atoms with Gasteiger partial charge in [0.05, 0.1) is 18.3 Å². The topological polar surface area (TPSA) is 134 Å². The third kappa shape index (κ3) is 3.46. The first-order valence-electron chi connectivity index (χ1n) is 4.37. The van der Waals surface area contributed by atoms with Crippen LogP contribution in [-0.2, 0) is 9.36 Å². The second-order valence-electron chi connectivity index (χ2n) is 3.33. The van der Waals surface area contributed by atoms with Crippen LogP contribution >= 0.6 is 7.60 Å². The van der Waals surface area contributed by atoms with Gasteiger partial charge >= 0.3 is 13.6 Å². The van der Waals surface area contributed by atoms with Crippen LogP contribution < -0.4 is 5.73 Å². The highest BCUT2D eigenvalue weighted by atomic mass is 31.2. The third-order valence-electron chi connectivity index (χ3n) is 2.06. The zero-order valence-electron chi connectivity index (χ0n) is 8.18. The Bertz CT molecular complexity index is 397. The van der Waals surface area contributed by atoms with Crippen molar-refractivity contribution in [2.45, 2.75) is 12.0 Å². The number of hydrogen-bond acceptors (Lipinski definition) is 4. The molecule has 1 aromatic rings. The molecule has 0 radical (unpaired) electrons. The van der Waals surface area contributed by atoms with Crippen LogP contribution in [0.15, 0.2) is 22.8 Å². The fourth-order valence-electron chi connectivity index (χ4n) is 1.31. The van der Waals surface area contributed by atoms with Gasteiger partial charge in [0.2, 0.25) is 0 Å². The van der Waals surface area contributed by atoms with E-state index < -0.39 is 31.7 Å². The highest BCUT2D eigenvalue weighted by Crippen LogP contribution is 2.41. The van der Waals surface area contributed by atoms with E-state index in [2.05, 4.69) is 0 Å². The lowest BCUT2D eigenvalue weighted by atomic mass is 10.0. The van der Waals surface area contributed by atoms with Gasteiger partial charge in [-0.05, 0) is 12.1 Å². The summed E-state index contributed by atoms with van der Waals surface area (Å²) in [6, 6.07) is 1.51. The lowest BCUT2D eigenvalue weighted by Crippen LogP contribution is -2.38. The van der Waals surface area contributed by atoms with Crippen LogP contribution in [0.1, 0.15) is 11.7 Å². The van der Waals surface area contributed by atoms with Gasteiger partial charge in [-0.15, -0.1) is 0 Å². The maximum Gasteiger partial charge on any atom is 0.326 e. The van der Waals surface area contributed by atoms with Crippen molar-refractivity contribution in [2.24, 2.45) is 5.73 Å². The molecule has 0 aromatic carbocycles. The van der Waals surface area contributed by atoms with E-state index >= 15 is 0 Å². The fourth-order valence-corrected chi connectivity index (χ4v) is 2.23. The summed E-state index contributed by atoms with van der Waals surface area (Å²) >= 11 is 0. The van der Waals surface area contributed by atoms with E-state index in [0.29, 0.717) is 0 Å². The molecule has 16 heavy (non-hydrogen) atoms. The van der Waals surface area contributed by atoms with Gasteiger partial charge < -0.3 is 25.0 Å². The second-order valence-corrected chi connectivity index (χ2v) is 5.03. The monoisotopic (exact) mass is 249 g/mol. The quantitative estimate of drug-likeness (QED) is 0.537. The van der Waals surface area contributed by atoms with E-state index in [4.69, 9.17) is 25.0 Å². The van der Waals surface area contributed by atoms with Gasteiger partial charge in [0.25, 0.3) is 0 Å². The minimum Gasteiger partial charge on any atom is -0.480 e. The lowest BCUT2D eigenvalue weighted by molar-refractivity contribution is -0.139. The molecule has 1 rings (SSSR count).